The van der Waals surface area contributed by atoms with Crippen LogP contribution in [0.3, 0.4) is 0 Å². The number of carbonyl (C=O) groups is 1. The summed E-state index contributed by atoms with van der Waals surface area (Å²) >= 11 is 0. The molecule has 0 saturated carbocycles. The van der Waals surface area contributed by atoms with Crippen molar-refractivity contribution in [3.8, 4) is 0 Å². The lowest BCUT2D eigenvalue weighted by Crippen LogP contribution is -2.52. The van der Waals surface area contributed by atoms with Crippen LogP contribution in [0.1, 0.15) is 46.0 Å². The molecule has 1 heterocycles. The minimum absolute atomic E-state index is 0.0771. The molecule has 0 aromatic carbocycles. The zero-order valence-corrected chi connectivity index (χ0v) is 13.7. The second-order valence-corrected chi connectivity index (χ2v) is 8.71. The van der Waals surface area contributed by atoms with Crippen LogP contribution in [0.4, 0.5) is 0 Å². The van der Waals surface area contributed by atoms with Crippen molar-refractivity contribution in [3.05, 3.63) is 12.7 Å². The van der Waals surface area contributed by atoms with Crippen LogP contribution < -0.4 is 0 Å². The van der Waals surface area contributed by atoms with E-state index in [0.29, 0.717) is 12.8 Å². The van der Waals surface area contributed by atoms with Crippen molar-refractivity contribution < 1.29 is 13.2 Å². The van der Waals surface area contributed by atoms with Crippen LogP contribution in [0.5, 0.6) is 0 Å². The molecule has 116 valence electrons. The number of amides is 1. The molecule has 5 heteroatoms. The third-order valence-corrected chi connectivity index (χ3v) is 5.14. The van der Waals surface area contributed by atoms with Crippen LogP contribution in [-0.4, -0.2) is 43.8 Å². The van der Waals surface area contributed by atoms with Crippen LogP contribution in [0.2, 0.25) is 0 Å². The number of piperidine rings is 1. The second-order valence-electron chi connectivity index (χ2n) is 6.45. The predicted octanol–water partition coefficient (Wildman–Crippen LogP) is 2.40. The van der Waals surface area contributed by atoms with E-state index in [-0.39, 0.29) is 23.1 Å². The van der Waals surface area contributed by atoms with Gasteiger partial charge in [-0.2, -0.15) is 0 Å². The molecule has 0 aromatic heterocycles. The van der Waals surface area contributed by atoms with Gasteiger partial charge < -0.3 is 4.90 Å². The zero-order chi connectivity index (χ0) is 15.4. The van der Waals surface area contributed by atoms with E-state index in [1.807, 2.05) is 11.0 Å². The lowest BCUT2D eigenvalue weighted by atomic mass is 9.75. The third kappa shape index (κ3) is 4.93. The first-order chi connectivity index (χ1) is 9.17. The molecule has 1 amide bonds. The molecular weight excluding hydrogens is 274 g/mol. The summed E-state index contributed by atoms with van der Waals surface area (Å²) in [5.41, 5.74) is 0.0962. The van der Waals surface area contributed by atoms with Crippen molar-refractivity contribution in [3.63, 3.8) is 0 Å². The van der Waals surface area contributed by atoms with Crippen molar-refractivity contribution >= 4 is 15.7 Å². The maximum absolute atomic E-state index is 12.4. The molecule has 0 spiro atoms. The van der Waals surface area contributed by atoms with Gasteiger partial charge in [-0.05, 0) is 31.1 Å². The first kappa shape index (κ1) is 17.2. The molecule has 0 bridgehead atoms. The van der Waals surface area contributed by atoms with Gasteiger partial charge in [-0.3, -0.25) is 4.79 Å². The maximum Gasteiger partial charge on any atom is 0.222 e. The van der Waals surface area contributed by atoms with Crippen LogP contribution in [0.25, 0.3) is 0 Å². The van der Waals surface area contributed by atoms with Crippen LogP contribution >= 0.6 is 0 Å². The summed E-state index contributed by atoms with van der Waals surface area (Å²) in [4.78, 5) is 14.3. The van der Waals surface area contributed by atoms with E-state index >= 15 is 0 Å². The molecule has 4 nitrogen and oxygen atoms in total. The fourth-order valence-electron chi connectivity index (χ4n) is 2.98. The second kappa shape index (κ2) is 6.74. The van der Waals surface area contributed by atoms with Crippen LogP contribution in [0.15, 0.2) is 12.7 Å². The summed E-state index contributed by atoms with van der Waals surface area (Å²) in [5.74, 6) is 0.163. The zero-order valence-electron chi connectivity index (χ0n) is 12.9. The average molecular weight is 301 g/mol. The Morgan fingerprint density at radius 1 is 1.45 bits per heavy atom. The Labute approximate surface area is 123 Å². The largest absolute Gasteiger partial charge is 0.339 e. The average Bonchev–Trinajstić information content (AvgIpc) is 2.29. The molecule has 1 aliphatic rings. The maximum atomic E-state index is 12.4. The van der Waals surface area contributed by atoms with Gasteiger partial charge in [-0.15, -0.1) is 6.58 Å². The lowest BCUT2D eigenvalue weighted by molar-refractivity contribution is -0.138. The molecule has 0 N–H and O–H groups in total. The van der Waals surface area contributed by atoms with Crippen molar-refractivity contribution in [2.75, 3.05) is 18.6 Å². The molecule has 1 saturated heterocycles. The highest BCUT2D eigenvalue weighted by Gasteiger charge is 2.38. The Kier molecular flexibility index (Phi) is 5.80. The van der Waals surface area contributed by atoms with Gasteiger partial charge in [0, 0.05) is 25.3 Å². The van der Waals surface area contributed by atoms with Gasteiger partial charge >= 0.3 is 0 Å². The molecular formula is C15H27NO3S. The fraction of sp³-hybridized carbons (Fsp3) is 0.800. The van der Waals surface area contributed by atoms with E-state index < -0.39 is 9.84 Å². The first-order valence-electron chi connectivity index (χ1n) is 7.25. The monoisotopic (exact) mass is 301 g/mol. The molecule has 1 atom stereocenters. The summed E-state index contributed by atoms with van der Waals surface area (Å²) in [6.45, 7) is 8.95. The number of carbonyl (C=O) groups excluding carboxylic acids is 1. The number of likely N-dealkylation sites (tertiary alicyclic amines) is 1. The van der Waals surface area contributed by atoms with E-state index in [1.165, 1.54) is 6.26 Å². The number of hydrogen-bond acceptors (Lipinski definition) is 3. The summed E-state index contributed by atoms with van der Waals surface area (Å²) < 4.78 is 22.2. The molecule has 1 aliphatic heterocycles. The highest BCUT2D eigenvalue weighted by atomic mass is 32.2. The summed E-state index contributed by atoms with van der Waals surface area (Å²) in [7, 11) is -2.98. The number of sulfone groups is 1. The van der Waals surface area contributed by atoms with Crippen molar-refractivity contribution in [2.24, 2.45) is 5.41 Å². The summed E-state index contributed by atoms with van der Waals surface area (Å²) in [6.07, 6.45) is 6.73. The Bertz CT molecular complexity index is 454. The van der Waals surface area contributed by atoms with Crippen molar-refractivity contribution in [1.29, 1.82) is 0 Å². The minimum Gasteiger partial charge on any atom is -0.339 e. The topological polar surface area (TPSA) is 54.5 Å². The lowest BCUT2D eigenvalue weighted by Gasteiger charge is -2.46. The molecule has 0 radical (unpaired) electrons. The van der Waals surface area contributed by atoms with E-state index in [0.717, 1.165) is 25.8 Å². The van der Waals surface area contributed by atoms with E-state index in [4.69, 9.17) is 0 Å². The van der Waals surface area contributed by atoms with Gasteiger partial charge in [0.1, 0.15) is 9.84 Å². The van der Waals surface area contributed by atoms with Crippen LogP contribution in [-0.2, 0) is 14.6 Å². The molecule has 1 rings (SSSR count). The Balaban J connectivity index is 2.66. The standard InChI is InChI=1S/C15H27NO3S/c1-5-8-13-15(2,3)10-7-11-16(13)14(17)9-6-12-20(4,18)19/h5,13H,1,6-12H2,2-4H3. The third-order valence-electron chi connectivity index (χ3n) is 4.11. The predicted molar refractivity (Wildman–Crippen MR) is 82.3 cm³/mol. The number of rotatable bonds is 6. The minimum atomic E-state index is -2.98. The van der Waals surface area contributed by atoms with Gasteiger partial charge in [-0.25, -0.2) is 8.42 Å². The first-order valence-corrected chi connectivity index (χ1v) is 9.31. The molecule has 0 aromatic rings. The molecule has 1 unspecified atom stereocenters. The molecule has 0 aliphatic carbocycles. The summed E-state index contributed by atoms with van der Waals surface area (Å²) in [6, 6.07) is 0.180. The van der Waals surface area contributed by atoms with Crippen molar-refractivity contribution in [1.82, 2.24) is 4.90 Å². The normalized spacial score (nSPS) is 22.6. The molecule has 1 fully saturated rings. The van der Waals surface area contributed by atoms with Gasteiger partial charge in [0.2, 0.25) is 5.91 Å². The fourth-order valence-corrected chi connectivity index (χ4v) is 3.65. The Hall–Kier alpha value is -0.840. The van der Waals surface area contributed by atoms with Gasteiger partial charge in [0.25, 0.3) is 0 Å². The Morgan fingerprint density at radius 3 is 2.65 bits per heavy atom. The van der Waals surface area contributed by atoms with E-state index in [9.17, 15) is 13.2 Å². The number of nitrogens with zero attached hydrogens (tertiary/aromatic N) is 1. The van der Waals surface area contributed by atoms with E-state index in [1.54, 1.807) is 0 Å². The molecule has 20 heavy (non-hydrogen) atoms. The summed E-state index contributed by atoms with van der Waals surface area (Å²) in [5, 5.41) is 0. The highest BCUT2D eigenvalue weighted by Crippen LogP contribution is 2.37. The Morgan fingerprint density at radius 2 is 2.10 bits per heavy atom. The smallest absolute Gasteiger partial charge is 0.222 e. The number of hydrogen-bond donors (Lipinski definition) is 0. The van der Waals surface area contributed by atoms with Gasteiger partial charge in [0.05, 0.1) is 5.75 Å². The van der Waals surface area contributed by atoms with Gasteiger partial charge in [-0.1, -0.05) is 19.9 Å². The van der Waals surface area contributed by atoms with Crippen molar-refractivity contribution in [2.45, 2.75) is 52.0 Å². The SMILES string of the molecule is C=CCC1N(C(=O)CCCS(C)(=O)=O)CCCC1(C)C. The van der Waals surface area contributed by atoms with E-state index in [2.05, 4.69) is 20.4 Å². The highest BCUT2D eigenvalue weighted by molar-refractivity contribution is 7.90. The van der Waals surface area contributed by atoms with Crippen LogP contribution in [0, 0.1) is 5.41 Å². The quantitative estimate of drug-likeness (QED) is 0.708. The van der Waals surface area contributed by atoms with Gasteiger partial charge in [0.15, 0.2) is 0 Å².